The number of hydrogen-bond donors (Lipinski definition) is 2. The molecule has 5 nitrogen and oxygen atoms in total. The SMILES string of the molecule is [2H]C1(O[C@H](CO)[C@@H](O)C=O)CCCCO1. The molecule has 2 N–H and O–H groups in total. The molecule has 0 saturated carbocycles. The van der Waals surface area contributed by atoms with Crippen LogP contribution in [0.15, 0.2) is 0 Å². The summed E-state index contributed by atoms with van der Waals surface area (Å²) in [7, 11) is 0. The van der Waals surface area contributed by atoms with E-state index in [0.29, 0.717) is 13.0 Å². The van der Waals surface area contributed by atoms with Crippen molar-refractivity contribution >= 4 is 6.29 Å². The Morgan fingerprint density at radius 3 is 3.00 bits per heavy atom. The summed E-state index contributed by atoms with van der Waals surface area (Å²) >= 11 is 0. The molecule has 0 bridgehead atoms. The first-order valence-electron chi connectivity index (χ1n) is 5.17. The van der Waals surface area contributed by atoms with Crippen molar-refractivity contribution in [3.05, 3.63) is 0 Å². The molecular formula is C9H16O5. The lowest BCUT2D eigenvalue weighted by molar-refractivity contribution is -0.211. The van der Waals surface area contributed by atoms with Crippen molar-refractivity contribution in [3.8, 4) is 0 Å². The molecular weight excluding hydrogens is 188 g/mol. The average Bonchev–Trinajstić information content (AvgIpc) is 2.26. The van der Waals surface area contributed by atoms with E-state index in [9.17, 15) is 9.90 Å². The van der Waals surface area contributed by atoms with Crippen LogP contribution in [0.3, 0.4) is 0 Å². The summed E-state index contributed by atoms with van der Waals surface area (Å²) in [6.45, 7) is -0.108. The molecule has 1 aliphatic rings. The Hall–Kier alpha value is -0.490. The Bertz CT molecular complexity index is 205. The number of rotatable bonds is 5. The highest BCUT2D eigenvalue weighted by Crippen LogP contribution is 2.16. The Morgan fingerprint density at radius 1 is 1.71 bits per heavy atom. The van der Waals surface area contributed by atoms with Gasteiger partial charge in [-0.1, -0.05) is 0 Å². The van der Waals surface area contributed by atoms with E-state index >= 15 is 0 Å². The molecule has 0 amide bonds. The van der Waals surface area contributed by atoms with Crippen LogP contribution in [0.2, 0.25) is 0 Å². The van der Waals surface area contributed by atoms with E-state index in [1.165, 1.54) is 0 Å². The predicted molar refractivity (Wildman–Crippen MR) is 47.6 cm³/mol. The maximum Gasteiger partial charge on any atom is 0.158 e. The molecule has 1 heterocycles. The van der Waals surface area contributed by atoms with E-state index in [2.05, 4.69) is 0 Å². The van der Waals surface area contributed by atoms with Crippen molar-refractivity contribution in [1.82, 2.24) is 0 Å². The molecule has 1 rings (SSSR count). The quantitative estimate of drug-likeness (QED) is 0.589. The molecule has 0 radical (unpaired) electrons. The van der Waals surface area contributed by atoms with Crippen LogP contribution in [0.25, 0.3) is 0 Å². The largest absolute Gasteiger partial charge is 0.394 e. The summed E-state index contributed by atoms with van der Waals surface area (Å²) in [5, 5.41) is 18.1. The van der Waals surface area contributed by atoms with Gasteiger partial charge in [-0.2, -0.15) is 0 Å². The smallest absolute Gasteiger partial charge is 0.158 e. The normalized spacial score (nSPS) is 33.1. The van der Waals surface area contributed by atoms with Gasteiger partial charge in [-0.15, -0.1) is 0 Å². The average molecular weight is 205 g/mol. The summed E-state index contributed by atoms with van der Waals surface area (Å²) in [6.07, 6.45) is -1.78. The molecule has 1 unspecified atom stereocenters. The number of carbonyl (C=O) groups is 1. The molecule has 0 aromatic carbocycles. The van der Waals surface area contributed by atoms with Gasteiger partial charge in [-0.25, -0.2) is 0 Å². The third-order valence-electron chi connectivity index (χ3n) is 2.02. The van der Waals surface area contributed by atoms with Gasteiger partial charge in [0.15, 0.2) is 12.6 Å². The molecule has 0 spiro atoms. The molecule has 0 aromatic rings. The zero-order valence-corrected chi connectivity index (χ0v) is 7.89. The van der Waals surface area contributed by atoms with Crippen LogP contribution in [-0.4, -0.2) is 48.2 Å². The van der Waals surface area contributed by atoms with Gasteiger partial charge in [0.2, 0.25) is 0 Å². The Balaban J connectivity index is 2.52. The van der Waals surface area contributed by atoms with Gasteiger partial charge in [0.1, 0.15) is 12.2 Å². The highest BCUT2D eigenvalue weighted by molar-refractivity contribution is 5.56. The minimum Gasteiger partial charge on any atom is -0.394 e. The number of aliphatic hydroxyl groups excluding tert-OH is 2. The molecule has 0 aliphatic carbocycles. The van der Waals surface area contributed by atoms with Crippen LogP contribution in [0.5, 0.6) is 0 Å². The second kappa shape index (κ2) is 6.08. The first-order valence-corrected chi connectivity index (χ1v) is 4.67. The monoisotopic (exact) mass is 205 g/mol. The first-order chi connectivity index (χ1) is 7.11. The van der Waals surface area contributed by atoms with Gasteiger partial charge >= 0.3 is 0 Å². The second-order valence-corrected chi connectivity index (χ2v) is 3.14. The zero-order chi connectivity index (χ0) is 11.3. The highest BCUT2D eigenvalue weighted by atomic mass is 16.7. The van der Waals surface area contributed by atoms with Gasteiger partial charge < -0.3 is 24.5 Å². The fourth-order valence-electron chi connectivity index (χ4n) is 1.19. The number of aldehydes is 1. The molecule has 1 saturated heterocycles. The Morgan fingerprint density at radius 2 is 2.50 bits per heavy atom. The maximum atomic E-state index is 10.3. The maximum absolute atomic E-state index is 10.3. The molecule has 82 valence electrons. The van der Waals surface area contributed by atoms with E-state index in [1.54, 1.807) is 0 Å². The lowest BCUT2D eigenvalue weighted by Crippen LogP contribution is -2.38. The molecule has 3 atom stereocenters. The van der Waals surface area contributed by atoms with Crippen LogP contribution in [-0.2, 0) is 14.3 Å². The minimum absolute atomic E-state index is 0.271. The Kier molecular flexibility index (Phi) is 4.36. The molecule has 5 heteroatoms. The van der Waals surface area contributed by atoms with Crippen LogP contribution < -0.4 is 0 Å². The van der Waals surface area contributed by atoms with Crippen LogP contribution >= 0.6 is 0 Å². The lowest BCUT2D eigenvalue weighted by Gasteiger charge is -2.27. The van der Waals surface area contributed by atoms with Crippen LogP contribution in [0.4, 0.5) is 0 Å². The third kappa shape index (κ3) is 3.34. The molecule has 14 heavy (non-hydrogen) atoms. The van der Waals surface area contributed by atoms with Gasteiger partial charge in [0.25, 0.3) is 0 Å². The van der Waals surface area contributed by atoms with Gasteiger partial charge in [-0.05, 0) is 19.3 Å². The fraction of sp³-hybridized carbons (Fsp3) is 0.889. The first kappa shape index (κ1) is 10.0. The Labute approximate surface area is 84.0 Å². The van der Waals surface area contributed by atoms with Crippen molar-refractivity contribution in [2.24, 2.45) is 0 Å². The van der Waals surface area contributed by atoms with Crippen molar-refractivity contribution in [3.63, 3.8) is 0 Å². The summed E-state index contributed by atoms with van der Waals surface area (Å²) < 4.78 is 17.9. The minimum atomic E-state index is -1.55. The van der Waals surface area contributed by atoms with E-state index in [0.717, 1.165) is 12.8 Å². The fourth-order valence-corrected chi connectivity index (χ4v) is 1.19. The second-order valence-electron chi connectivity index (χ2n) is 3.14. The van der Waals surface area contributed by atoms with Crippen molar-refractivity contribution < 1.29 is 25.9 Å². The van der Waals surface area contributed by atoms with Gasteiger partial charge in [-0.3, -0.25) is 0 Å². The number of aliphatic hydroxyl groups is 2. The lowest BCUT2D eigenvalue weighted by atomic mass is 10.2. The summed E-state index contributed by atoms with van der Waals surface area (Å²) in [5.41, 5.74) is 0. The molecule has 0 aromatic heterocycles. The predicted octanol–water partition coefficient (Wildman–Crippen LogP) is -0.550. The number of carbonyl (C=O) groups excluding carboxylic acids is 1. The molecule has 1 fully saturated rings. The molecule has 1 aliphatic heterocycles. The number of ether oxygens (including phenoxy) is 2. The van der Waals surface area contributed by atoms with E-state index < -0.39 is 25.1 Å². The highest BCUT2D eigenvalue weighted by Gasteiger charge is 2.24. The van der Waals surface area contributed by atoms with Gasteiger partial charge in [0.05, 0.1) is 7.98 Å². The van der Waals surface area contributed by atoms with Gasteiger partial charge in [0, 0.05) is 6.61 Å². The van der Waals surface area contributed by atoms with E-state index in [4.69, 9.17) is 16.0 Å². The van der Waals surface area contributed by atoms with E-state index in [-0.39, 0.29) is 6.29 Å². The summed E-state index contributed by atoms with van der Waals surface area (Å²) in [6, 6.07) is 0. The third-order valence-corrected chi connectivity index (χ3v) is 2.02. The standard InChI is InChI=1S/C9H16O5/c10-5-7(12)8(6-11)14-9-3-1-2-4-13-9/h5,7-9,11-12H,1-4,6H2/t7-,8+,9?/m0/s1/i9D. The van der Waals surface area contributed by atoms with E-state index in [1.807, 2.05) is 0 Å². The van der Waals surface area contributed by atoms with Crippen LogP contribution in [0.1, 0.15) is 20.6 Å². The summed E-state index contributed by atoms with van der Waals surface area (Å²) in [4.78, 5) is 10.3. The van der Waals surface area contributed by atoms with Crippen molar-refractivity contribution in [1.29, 1.82) is 0 Å². The van der Waals surface area contributed by atoms with Crippen LogP contribution in [0, 0.1) is 0 Å². The van der Waals surface area contributed by atoms with Crippen molar-refractivity contribution in [2.45, 2.75) is 37.7 Å². The topological polar surface area (TPSA) is 76.0 Å². The van der Waals surface area contributed by atoms with Crippen molar-refractivity contribution in [2.75, 3.05) is 13.2 Å². The number of hydrogen-bond acceptors (Lipinski definition) is 5. The summed E-state index contributed by atoms with van der Waals surface area (Å²) in [5.74, 6) is 0. The zero-order valence-electron chi connectivity index (χ0n) is 8.89.